The second-order valence-corrected chi connectivity index (χ2v) is 5.74. The van der Waals surface area contributed by atoms with Crippen molar-refractivity contribution in [1.82, 2.24) is 5.32 Å². The number of hydrogen-bond donors (Lipinski definition) is 1. The molecule has 1 atom stereocenters. The van der Waals surface area contributed by atoms with Crippen LogP contribution in [0, 0.1) is 6.92 Å². The van der Waals surface area contributed by atoms with Gasteiger partial charge in [-0.3, -0.25) is 0 Å². The highest BCUT2D eigenvalue weighted by molar-refractivity contribution is 5.37. The fourth-order valence-corrected chi connectivity index (χ4v) is 2.77. The summed E-state index contributed by atoms with van der Waals surface area (Å²) in [6.07, 6.45) is 3.52. The third-order valence-corrected chi connectivity index (χ3v) is 3.95. The van der Waals surface area contributed by atoms with Crippen LogP contribution in [0.3, 0.4) is 0 Å². The van der Waals surface area contributed by atoms with E-state index >= 15 is 0 Å². The topological polar surface area (TPSA) is 12.0 Å². The monoisotopic (exact) mass is 281 g/mol. The summed E-state index contributed by atoms with van der Waals surface area (Å²) in [6, 6.07) is 18.1. The minimum absolute atomic E-state index is 0.293. The largest absolute Gasteiger partial charge is 0.306 e. The van der Waals surface area contributed by atoms with Crippen LogP contribution < -0.4 is 5.32 Å². The maximum atomic E-state index is 3.69. The standard InChI is InChI=1S/C20H27N/c1-4-8-17-11-13-18(14-12-17)20(21-15-5-2)19-10-7-6-9-16(19)3/h6-7,9-14,20-21H,4-5,8,15H2,1-3H3. The highest BCUT2D eigenvalue weighted by atomic mass is 14.9. The number of aryl methyl sites for hydroxylation is 2. The quantitative estimate of drug-likeness (QED) is 0.750. The van der Waals surface area contributed by atoms with Crippen molar-refractivity contribution >= 4 is 0 Å². The molecule has 0 spiro atoms. The molecule has 1 unspecified atom stereocenters. The predicted molar refractivity (Wildman–Crippen MR) is 91.8 cm³/mol. The minimum atomic E-state index is 0.293. The van der Waals surface area contributed by atoms with E-state index in [2.05, 4.69) is 74.6 Å². The zero-order chi connectivity index (χ0) is 15.1. The summed E-state index contributed by atoms with van der Waals surface area (Å²) in [5.41, 5.74) is 5.52. The molecule has 0 fully saturated rings. The van der Waals surface area contributed by atoms with Crippen molar-refractivity contribution in [3.05, 3.63) is 70.8 Å². The Kier molecular flexibility index (Phi) is 6.01. The molecular formula is C20H27N. The summed E-state index contributed by atoms with van der Waals surface area (Å²) < 4.78 is 0. The second-order valence-electron chi connectivity index (χ2n) is 5.74. The van der Waals surface area contributed by atoms with E-state index in [4.69, 9.17) is 0 Å². The lowest BCUT2D eigenvalue weighted by atomic mass is 9.94. The Morgan fingerprint density at radius 1 is 0.905 bits per heavy atom. The van der Waals surface area contributed by atoms with E-state index in [0.717, 1.165) is 19.4 Å². The third-order valence-electron chi connectivity index (χ3n) is 3.95. The van der Waals surface area contributed by atoms with Crippen molar-refractivity contribution in [3.63, 3.8) is 0 Å². The molecule has 2 aromatic rings. The van der Waals surface area contributed by atoms with Gasteiger partial charge in [-0.2, -0.15) is 0 Å². The molecule has 112 valence electrons. The van der Waals surface area contributed by atoms with Gasteiger partial charge in [0.15, 0.2) is 0 Å². The van der Waals surface area contributed by atoms with Gasteiger partial charge in [0.1, 0.15) is 0 Å². The molecule has 1 nitrogen and oxygen atoms in total. The Morgan fingerprint density at radius 2 is 1.62 bits per heavy atom. The van der Waals surface area contributed by atoms with E-state index in [9.17, 15) is 0 Å². The zero-order valence-corrected chi connectivity index (χ0v) is 13.5. The lowest BCUT2D eigenvalue weighted by Gasteiger charge is -2.22. The van der Waals surface area contributed by atoms with Crippen LogP contribution in [-0.2, 0) is 6.42 Å². The summed E-state index contributed by atoms with van der Waals surface area (Å²) in [4.78, 5) is 0. The molecule has 0 aliphatic heterocycles. The van der Waals surface area contributed by atoms with E-state index in [1.54, 1.807) is 0 Å². The van der Waals surface area contributed by atoms with Gasteiger partial charge < -0.3 is 5.32 Å². The van der Waals surface area contributed by atoms with Crippen LogP contribution in [0.5, 0.6) is 0 Å². The van der Waals surface area contributed by atoms with Crippen LogP contribution in [0.25, 0.3) is 0 Å². The molecule has 0 saturated heterocycles. The lowest BCUT2D eigenvalue weighted by molar-refractivity contribution is 0.596. The van der Waals surface area contributed by atoms with Crippen molar-refractivity contribution < 1.29 is 0 Å². The van der Waals surface area contributed by atoms with Crippen LogP contribution >= 0.6 is 0 Å². The highest BCUT2D eigenvalue weighted by Gasteiger charge is 2.14. The predicted octanol–water partition coefficient (Wildman–Crippen LogP) is 5.04. The normalized spacial score (nSPS) is 12.3. The Hall–Kier alpha value is -1.60. The second kappa shape index (κ2) is 7.99. The molecule has 0 aromatic heterocycles. The van der Waals surface area contributed by atoms with Crippen molar-refractivity contribution in [2.45, 2.75) is 46.1 Å². The summed E-state index contributed by atoms with van der Waals surface area (Å²) >= 11 is 0. The van der Waals surface area contributed by atoms with E-state index in [0.29, 0.717) is 6.04 Å². The minimum Gasteiger partial charge on any atom is -0.306 e. The van der Waals surface area contributed by atoms with E-state index in [-0.39, 0.29) is 0 Å². The van der Waals surface area contributed by atoms with Gasteiger partial charge in [0.05, 0.1) is 6.04 Å². The average Bonchev–Trinajstić information content (AvgIpc) is 2.51. The van der Waals surface area contributed by atoms with Crippen LogP contribution in [0.1, 0.15) is 55.0 Å². The van der Waals surface area contributed by atoms with Gasteiger partial charge in [0.25, 0.3) is 0 Å². The van der Waals surface area contributed by atoms with Gasteiger partial charge in [-0.25, -0.2) is 0 Å². The van der Waals surface area contributed by atoms with E-state index < -0.39 is 0 Å². The summed E-state index contributed by atoms with van der Waals surface area (Å²) in [6.45, 7) is 7.68. The molecular weight excluding hydrogens is 254 g/mol. The van der Waals surface area contributed by atoms with Crippen molar-refractivity contribution in [1.29, 1.82) is 0 Å². The molecule has 0 radical (unpaired) electrons. The van der Waals surface area contributed by atoms with Crippen molar-refractivity contribution in [3.8, 4) is 0 Å². The van der Waals surface area contributed by atoms with Gasteiger partial charge in [0, 0.05) is 0 Å². The fourth-order valence-electron chi connectivity index (χ4n) is 2.77. The smallest absolute Gasteiger partial charge is 0.0579 e. The van der Waals surface area contributed by atoms with Crippen molar-refractivity contribution in [2.24, 2.45) is 0 Å². The molecule has 0 aliphatic carbocycles. The van der Waals surface area contributed by atoms with Crippen LogP contribution in [0.2, 0.25) is 0 Å². The van der Waals surface area contributed by atoms with Gasteiger partial charge in [-0.15, -0.1) is 0 Å². The molecule has 0 bridgehead atoms. The van der Waals surface area contributed by atoms with E-state index in [1.165, 1.54) is 28.7 Å². The maximum Gasteiger partial charge on any atom is 0.0579 e. The zero-order valence-electron chi connectivity index (χ0n) is 13.5. The van der Waals surface area contributed by atoms with Crippen molar-refractivity contribution in [2.75, 3.05) is 6.54 Å². The first-order valence-electron chi connectivity index (χ1n) is 8.14. The summed E-state index contributed by atoms with van der Waals surface area (Å²) in [7, 11) is 0. The Bertz CT molecular complexity index is 542. The highest BCUT2D eigenvalue weighted by Crippen LogP contribution is 2.25. The lowest BCUT2D eigenvalue weighted by Crippen LogP contribution is -2.23. The van der Waals surface area contributed by atoms with Gasteiger partial charge in [-0.1, -0.05) is 68.8 Å². The summed E-state index contributed by atoms with van der Waals surface area (Å²) in [5.74, 6) is 0. The third kappa shape index (κ3) is 4.18. The van der Waals surface area contributed by atoms with Crippen LogP contribution in [0.4, 0.5) is 0 Å². The molecule has 0 amide bonds. The Labute approximate surface area is 129 Å². The first-order valence-corrected chi connectivity index (χ1v) is 8.14. The molecule has 21 heavy (non-hydrogen) atoms. The number of rotatable bonds is 7. The summed E-state index contributed by atoms with van der Waals surface area (Å²) in [5, 5.41) is 3.69. The fraction of sp³-hybridized carbons (Fsp3) is 0.400. The number of nitrogens with one attached hydrogen (secondary N) is 1. The van der Waals surface area contributed by atoms with Gasteiger partial charge >= 0.3 is 0 Å². The number of benzene rings is 2. The average molecular weight is 281 g/mol. The SMILES string of the molecule is CCCNC(c1ccc(CCC)cc1)c1ccccc1C. The molecule has 1 heteroatoms. The van der Waals surface area contributed by atoms with E-state index in [1.807, 2.05) is 0 Å². The molecule has 2 aromatic carbocycles. The Morgan fingerprint density at radius 3 is 2.24 bits per heavy atom. The molecule has 2 rings (SSSR count). The first kappa shape index (κ1) is 15.8. The van der Waals surface area contributed by atoms with Crippen LogP contribution in [-0.4, -0.2) is 6.54 Å². The molecule has 1 N–H and O–H groups in total. The molecule has 0 heterocycles. The van der Waals surface area contributed by atoms with Gasteiger partial charge in [0.2, 0.25) is 0 Å². The van der Waals surface area contributed by atoms with Crippen LogP contribution in [0.15, 0.2) is 48.5 Å². The maximum absolute atomic E-state index is 3.69. The Balaban J connectivity index is 2.29. The first-order chi connectivity index (χ1) is 10.3. The van der Waals surface area contributed by atoms with Gasteiger partial charge in [-0.05, 0) is 48.6 Å². The molecule has 0 saturated carbocycles. The number of hydrogen-bond acceptors (Lipinski definition) is 1. The molecule has 0 aliphatic rings.